The van der Waals surface area contributed by atoms with Gasteiger partial charge in [-0.3, -0.25) is 0 Å². The third kappa shape index (κ3) is 3.21. The average molecular weight is 318 g/mol. The van der Waals surface area contributed by atoms with Crippen LogP contribution in [0, 0.1) is 6.92 Å². The van der Waals surface area contributed by atoms with Crippen molar-refractivity contribution in [2.75, 3.05) is 18.8 Å². The summed E-state index contributed by atoms with van der Waals surface area (Å²) in [5, 5.41) is 2.99. The topological polar surface area (TPSA) is 49.6 Å². The quantitative estimate of drug-likeness (QED) is 0.926. The van der Waals surface area contributed by atoms with E-state index in [0.717, 1.165) is 35.9 Å². The molecule has 0 spiro atoms. The van der Waals surface area contributed by atoms with E-state index in [1.165, 1.54) is 0 Å². The molecule has 0 aliphatic carbocycles. The highest BCUT2D eigenvalue weighted by Crippen LogP contribution is 2.29. The van der Waals surface area contributed by atoms with Crippen LogP contribution in [0.2, 0.25) is 0 Å². The van der Waals surface area contributed by atoms with Crippen LogP contribution < -0.4 is 5.32 Å². The van der Waals surface area contributed by atoms with Crippen molar-refractivity contribution >= 4 is 23.4 Å². The first-order valence-corrected chi connectivity index (χ1v) is 8.53. The molecule has 0 unspecified atom stereocenters. The fourth-order valence-electron chi connectivity index (χ4n) is 2.75. The highest BCUT2D eigenvalue weighted by atomic mass is 32.2. The summed E-state index contributed by atoms with van der Waals surface area (Å²) < 4.78 is 2.18. The van der Waals surface area contributed by atoms with Gasteiger partial charge >= 0.3 is 6.03 Å². The smallest absolute Gasteiger partial charge is 0.317 e. The van der Waals surface area contributed by atoms with Gasteiger partial charge in [-0.25, -0.2) is 9.78 Å². The van der Waals surface area contributed by atoms with Gasteiger partial charge in [0.15, 0.2) is 0 Å². The van der Waals surface area contributed by atoms with E-state index >= 15 is 0 Å². The number of rotatable bonds is 2. The van der Waals surface area contributed by atoms with Crippen molar-refractivity contribution < 1.29 is 4.79 Å². The predicted molar refractivity (Wildman–Crippen MR) is 90.3 cm³/mol. The van der Waals surface area contributed by atoms with Crippen molar-refractivity contribution in [2.45, 2.75) is 32.1 Å². The molecule has 1 aliphatic heterocycles. The number of aryl methyl sites for hydroxylation is 1. The summed E-state index contributed by atoms with van der Waals surface area (Å²) in [4.78, 5) is 18.8. The zero-order chi connectivity index (χ0) is 15.7. The Morgan fingerprint density at radius 2 is 2.27 bits per heavy atom. The lowest BCUT2D eigenvalue weighted by atomic mass is 10.2. The zero-order valence-electron chi connectivity index (χ0n) is 13.3. The molecule has 5 nitrogen and oxygen atoms in total. The van der Waals surface area contributed by atoms with E-state index in [4.69, 9.17) is 0 Å². The fraction of sp³-hybridized carbons (Fsp3) is 0.500. The lowest BCUT2D eigenvalue weighted by molar-refractivity contribution is 0.194. The third-order valence-electron chi connectivity index (χ3n) is 3.88. The largest absolute Gasteiger partial charge is 0.332 e. The lowest BCUT2D eigenvalue weighted by Gasteiger charge is -2.37. The summed E-state index contributed by atoms with van der Waals surface area (Å²) in [5.41, 5.74) is 2.94. The van der Waals surface area contributed by atoms with Crippen LogP contribution in [0.5, 0.6) is 0 Å². The Hall–Kier alpha value is -1.69. The highest BCUT2D eigenvalue weighted by molar-refractivity contribution is 8.00. The van der Waals surface area contributed by atoms with Crippen LogP contribution in [0.3, 0.4) is 0 Å². The van der Waals surface area contributed by atoms with Crippen molar-refractivity contribution in [3.05, 3.63) is 35.8 Å². The molecule has 1 aliphatic rings. The highest BCUT2D eigenvalue weighted by Gasteiger charge is 2.29. The van der Waals surface area contributed by atoms with Gasteiger partial charge in [0.25, 0.3) is 0 Å². The molecule has 0 aromatic carbocycles. The molecule has 0 radical (unpaired) electrons. The molecular formula is C16H22N4OS. The number of amides is 2. The molecule has 2 aromatic heterocycles. The monoisotopic (exact) mass is 318 g/mol. The molecule has 22 heavy (non-hydrogen) atoms. The fourth-order valence-corrected chi connectivity index (χ4v) is 3.86. The number of hydrogen-bond donors (Lipinski definition) is 1. The molecule has 1 N–H and O–H groups in total. The minimum Gasteiger partial charge on any atom is -0.332 e. The van der Waals surface area contributed by atoms with Crippen molar-refractivity contribution in [1.29, 1.82) is 0 Å². The SMILES string of the molecule is Cc1cccc2nc(CNC(=O)N3CCSC(C)(C)C3)cn12. The Labute approximate surface area is 135 Å². The van der Waals surface area contributed by atoms with Gasteiger partial charge in [0.05, 0.1) is 12.2 Å². The number of imidazole rings is 1. The summed E-state index contributed by atoms with van der Waals surface area (Å²) >= 11 is 1.92. The van der Waals surface area contributed by atoms with E-state index < -0.39 is 0 Å². The number of carbonyl (C=O) groups excluding carboxylic acids is 1. The first kappa shape index (κ1) is 15.2. The summed E-state index contributed by atoms with van der Waals surface area (Å²) in [7, 11) is 0. The van der Waals surface area contributed by atoms with Gasteiger partial charge in [-0.2, -0.15) is 11.8 Å². The number of urea groups is 1. The Morgan fingerprint density at radius 3 is 3.00 bits per heavy atom. The molecule has 3 heterocycles. The maximum absolute atomic E-state index is 12.3. The Kier molecular flexibility index (Phi) is 4.04. The normalized spacial score (nSPS) is 17.7. The molecule has 0 atom stereocenters. The van der Waals surface area contributed by atoms with Crippen molar-refractivity contribution in [3.8, 4) is 0 Å². The van der Waals surface area contributed by atoms with E-state index in [1.807, 2.05) is 52.4 Å². The Morgan fingerprint density at radius 1 is 1.45 bits per heavy atom. The standard InChI is InChI=1S/C16H22N4OS/c1-12-5-4-6-14-18-13(10-20(12)14)9-17-15(21)19-7-8-22-16(2,3)11-19/h4-6,10H,7-9,11H2,1-3H3,(H,17,21). The lowest BCUT2D eigenvalue weighted by Crippen LogP contribution is -2.49. The van der Waals surface area contributed by atoms with E-state index in [0.29, 0.717) is 6.54 Å². The number of pyridine rings is 1. The van der Waals surface area contributed by atoms with Gasteiger partial charge in [-0.05, 0) is 32.9 Å². The van der Waals surface area contributed by atoms with Crippen molar-refractivity contribution in [2.24, 2.45) is 0 Å². The van der Waals surface area contributed by atoms with Crippen LogP contribution in [0.4, 0.5) is 4.79 Å². The molecular weight excluding hydrogens is 296 g/mol. The number of aromatic nitrogens is 2. The van der Waals surface area contributed by atoms with Crippen LogP contribution in [0.25, 0.3) is 5.65 Å². The molecule has 1 fully saturated rings. The Balaban J connectivity index is 1.63. The maximum Gasteiger partial charge on any atom is 0.317 e. The second kappa shape index (κ2) is 5.83. The molecule has 2 amide bonds. The van der Waals surface area contributed by atoms with Crippen LogP contribution in [-0.2, 0) is 6.54 Å². The van der Waals surface area contributed by atoms with Gasteiger partial charge in [0.2, 0.25) is 0 Å². The number of nitrogens with one attached hydrogen (secondary N) is 1. The molecule has 0 saturated carbocycles. The van der Waals surface area contributed by atoms with Gasteiger partial charge in [0, 0.05) is 35.5 Å². The molecule has 2 aromatic rings. The summed E-state index contributed by atoms with van der Waals surface area (Å²) in [5.74, 6) is 0.994. The van der Waals surface area contributed by atoms with Gasteiger partial charge < -0.3 is 14.6 Å². The first-order chi connectivity index (χ1) is 10.4. The number of fused-ring (bicyclic) bond motifs is 1. The maximum atomic E-state index is 12.3. The van der Waals surface area contributed by atoms with Crippen LogP contribution in [0.15, 0.2) is 24.4 Å². The molecule has 0 bridgehead atoms. The Bertz CT molecular complexity index is 695. The summed E-state index contributed by atoms with van der Waals surface area (Å²) in [6.45, 7) is 8.47. The summed E-state index contributed by atoms with van der Waals surface area (Å²) in [6.07, 6.45) is 1.99. The van der Waals surface area contributed by atoms with Crippen molar-refractivity contribution in [1.82, 2.24) is 19.6 Å². The van der Waals surface area contributed by atoms with E-state index in [2.05, 4.69) is 24.1 Å². The zero-order valence-corrected chi connectivity index (χ0v) is 14.1. The van der Waals surface area contributed by atoms with Gasteiger partial charge in [0.1, 0.15) is 5.65 Å². The minimum atomic E-state index is 0.00199. The van der Waals surface area contributed by atoms with E-state index in [-0.39, 0.29) is 10.8 Å². The summed E-state index contributed by atoms with van der Waals surface area (Å²) in [6, 6.07) is 6.02. The second-order valence-corrected chi connectivity index (χ2v) is 8.12. The molecule has 3 rings (SSSR count). The van der Waals surface area contributed by atoms with Crippen molar-refractivity contribution in [3.63, 3.8) is 0 Å². The van der Waals surface area contributed by atoms with Crippen LogP contribution in [-0.4, -0.2) is 43.9 Å². The first-order valence-electron chi connectivity index (χ1n) is 7.55. The van der Waals surface area contributed by atoms with Crippen LogP contribution >= 0.6 is 11.8 Å². The molecule has 118 valence electrons. The van der Waals surface area contributed by atoms with Gasteiger partial charge in [-0.15, -0.1) is 0 Å². The van der Waals surface area contributed by atoms with Gasteiger partial charge in [-0.1, -0.05) is 6.07 Å². The van der Waals surface area contributed by atoms with E-state index in [1.54, 1.807) is 0 Å². The number of carbonyl (C=O) groups is 1. The third-order valence-corrected chi connectivity index (χ3v) is 5.18. The number of thioether (sulfide) groups is 1. The number of hydrogen-bond acceptors (Lipinski definition) is 3. The predicted octanol–water partition coefficient (Wildman–Crippen LogP) is 2.68. The average Bonchev–Trinajstić information content (AvgIpc) is 2.88. The second-order valence-electron chi connectivity index (χ2n) is 6.32. The van der Waals surface area contributed by atoms with Crippen LogP contribution in [0.1, 0.15) is 25.2 Å². The molecule has 1 saturated heterocycles. The number of nitrogens with zero attached hydrogens (tertiary/aromatic N) is 3. The minimum absolute atomic E-state index is 0.00199. The molecule has 6 heteroatoms. The van der Waals surface area contributed by atoms with E-state index in [9.17, 15) is 4.79 Å².